The van der Waals surface area contributed by atoms with E-state index in [1.165, 1.54) is 18.4 Å². The van der Waals surface area contributed by atoms with Crippen LogP contribution in [0.4, 0.5) is 5.82 Å². The van der Waals surface area contributed by atoms with Crippen LogP contribution in [-0.4, -0.2) is 35.4 Å². The number of allylic oxidation sites excluding steroid dienone is 4. The van der Waals surface area contributed by atoms with Crippen LogP contribution in [0.1, 0.15) is 49.8 Å². The monoisotopic (exact) mass is 442 g/mol. The van der Waals surface area contributed by atoms with Crippen LogP contribution in [0.3, 0.4) is 0 Å². The number of rotatable bonds is 6. The minimum Gasteiger partial charge on any atom is -0.352 e. The standard InChI is InChI=1S/C26H30N6O/c1-17(4-11-22(16-27)29-2)23-24(20-9-7-19(8-10-20)18-5-6-18)31(3)26(33)25(30-23)32-14-12-21(28)13-15-32/h4,7-11,18,21H,2,5-6,12-15,28H2,1,3H3/b17-4+,22-11-. The van der Waals surface area contributed by atoms with Gasteiger partial charge < -0.3 is 15.2 Å². The van der Waals surface area contributed by atoms with Gasteiger partial charge in [-0.05, 0) is 62.5 Å². The lowest BCUT2D eigenvalue weighted by molar-refractivity contribution is 0.496. The molecule has 0 atom stereocenters. The second-order valence-corrected chi connectivity index (χ2v) is 8.89. The quantitative estimate of drug-likeness (QED) is 0.417. The molecule has 7 heteroatoms. The zero-order valence-electron chi connectivity index (χ0n) is 19.3. The van der Waals surface area contributed by atoms with Crippen LogP contribution in [0.5, 0.6) is 0 Å². The van der Waals surface area contributed by atoms with Crippen molar-refractivity contribution in [1.29, 1.82) is 5.26 Å². The third kappa shape index (κ3) is 4.81. The van der Waals surface area contributed by atoms with E-state index in [1.54, 1.807) is 23.8 Å². The van der Waals surface area contributed by atoms with Gasteiger partial charge >= 0.3 is 0 Å². The highest BCUT2D eigenvalue weighted by atomic mass is 16.1. The van der Waals surface area contributed by atoms with Gasteiger partial charge in [-0.3, -0.25) is 9.79 Å². The Morgan fingerprint density at radius 2 is 1.88 bits per heavy atom. The first-order chi connectivity index (χ1) is 15.9. The minimum absolute atomic E-state index is 0.121. The second-order valence-electron chi connectivity index (χ2n) is 8.89. The molecule has 0 radical (unpaired) electrons. The molecular weight excluding hydrogens is 412 g/mol. The van der Waals surface area contributed by atoms with Crippen molar-refractivity contribution < 1.29 is 0 Å². The summed E-state index contributed by atoms with van der Waals surface area (Å²) in [5.74, 6) is 1.10. The first kappa shape index (κ1) is 22.7. The molecule has 2 heterocycles. The second kappa shape index (κ2) is 9.55. The Bertz CT molecular complexity index is 1200. The molecule has 0 amide bonds. The Kier molecular flexibility index (Phi) is 6.57. The van der Waals surface area contributed by atoms with Gasteiger partial charge in [-0.2, -0.15) is 5.26 Å². The summed E-state index contributed by atoms with van der Waals surface area (Å²) in [5.41, 5.74) is 10.7. The number of aromatic nitrogens is 2. The summed E-state index contributed by atoms with van der Waals surface area (Å²) in [6.45, 7) is 6.78. The highest BCUT2D eigenvalue weighted by Gasteiger charge is 2.25. The first-order valence-electron chi connectivity index (χ1n) is 11.4. The van der Waals surface area contributed by atoms with Gasteiger partial charge in [0.05, 0.1) is 11.4 Å². The maximum absolute atomic E-state index is 13.4. The topological polar surface area (TPSA) is 100 Å². The Morgan fingerprint density at radius 1 is 1.21 bits per heavy atom. The van der Waals surface area contributed by atoms with Gasteiger partial charge in [0.25, 0.3) is 5.56 Å². The normalized spacial score (nSPS) is 17.7. The Labute approximate surface area is 194 Å². The molecule has 2 aromatic rings. The van der Waals surface area contributed by atoms with Gasteiger partial charge in [-0.15, -0.1) is 0 Å². The number of aliphatic imine (C=N–C) groups is 1. The van der Waals surface area contributed by atoms with Crippen molar-refractivity contribution in [2.24, 2.45) is 17.8 Å². The summed E-state index contributed by atoms with van der Waals surface area (Å²) in [6.07, 6.45) is 7.57. The summed E-state index contributed by atoms with van der Waals surface area (Å²) < 4.78 is 1.69. The van der Waals surface area contributed by atoms with E-state index in [1.807, 2.05) is 17.9 Å². The first-order valence-corrected chi connectivity index (χ1v) is 11.4. The SMILES string of the molecule is C=N/C(C#N)=C\C=C(/C)c1nc(N2CCC(N)CC2)c(=O)n(C)c1-c1ccc(C2CC2)cc1. The number of hydrogen-bond acceptors (Lipinski definition) is 6. The molecule has 0 spiro atoms. The third-order valence-electron chi connectivity index (χ3n) is 6.49. The van der Waals surface area contributed by atoms with Crippen molar-refractivity contribution in [1.82, 2.24) is 9.55 Å². The smallest absolute Gasteiger partial charge is 0.293 e. The number of piperidine rings is 1. The Hall–Kier alpha value is -3.50. The van der Waals surface area contributed by atoms with Crippen molar-refractivity contribution >= 4 is 18.1 Å². The van der Waals surface area contributed by atoms with Crippen molar-refractivity contribution in [2.45, 2.75) is 44.6 Å². The van der Waals surface area contributed by atoms with Crippen LogP contribution >= 0.6 is 0 Å². The predicted octanol–water partition coefficient (Wildman–Crippen LogP) is 3.76. The molecule has 1 aromatic carbocycles. The fraction of sp³-hybridized carbons (Fsp3) is 0.385. The molecule has 0 unspecified atom stereocenters. The highest BCUT2D eigenvalue weighted by molar-refractivity contribution is 5.78. The molecule has 1 aliphatic heterocycles. The van der Waals surface area contributed by atoms with Gasteiger partial charge in [-0.1, -0.05) is 30.3 Å². The van der Waals surface area contributed by atoms with Crippen LogP contribution in [-0.2, 0) is 7.05 Å². The van der Waals surface area contributed by atoms with Gasteiger partial charge in [-0.25, -0.2) is 4.98 Å². The molecule has 2 aliphatic rings. The lowest BCUT2D eigenvalue weighted by Gasteiger charge is -2.31. The molecule has 4 rings (SSSR count). The van der Waals surface area contributed by atoms with E-state index in [0.717, 1.165) is 29.7 Å². The van der Waals surface area contributed by atoms with Crippen molar-refractivity contribution in [2.75, 3.05) is 18.0 Å². The molecule has 1 aromatic heterocycles. The lowest BCUT2D eigenvalue weighted by atomic mass is 10.0. The van der Waals surface area contributed by atoms with Crippen LogP contribution in [0.15, 0.2) is 51.9 Å². The number of nitriles is 1. The molecule has 1 saturated heterocycles. The zero-order valence-corrected chi connectivity index (χ0v) is 19.3. The fourth-order valence-electron chi connectivity index (χ4n) is 4.28. The lowest BCUT2D eigenvalue weighted by Crippen LogP contribution is -2.43. The summed E-state index contributed by atoms with van der Waals surface area (Å²) in [5, 5.41) is 9.17. The molecule has 170 valence electrons. The minimum atomic E-state index is -0.121. The summed E-state index contributed by atoms with van der Waals surface area (Å²) in [4.78, 5) is 24.0. The number of nitrogens with zero attached hydrogens (tertiary/aromatic N) is 5. The van der Waals surface area contributed by atoms with Crippen molar-refractivity contribution in [3.05, 3.63) is 63.7 Å². The van der Waals surface area contributed by atoms with Crippen molar-refractivity contribution in [3.63, 3.8) is 0 Å². The van der Waals surface area contributed by atoms with Crippen molar-refractivity contribution in [3.8, 4) is 17.3 Å². The molecular formula is C26H30N6O. The van der Waals surface area contributed by atoms with E-state index in [4.69, 9.17) is 10.7 Å². The van der Waals surface area contributed by atoms with Crippen LogP contribution in [0.2, 0.25) is 0 Å². The molecule has 1 aliphatic carbocycles. The van der Waals surface area contributed by atoms with E-state index < -0.39 is 0 Å². The number of hydrogen-bond donors (Lipinski definition) is 1. The predicted molar refractivity (Wildman–Crippen MR) is 133 cm³/mol. The van der Waals surface area contributed by atoms with E-state index >= 15 is 0 Å². The van der Waals surface area contributed by atoms with Crippen LogP contribution in [0.25, 0.3) is 16.8 Å². The van der Waals surface area contributed by atoms with E-state index in [2.05, 4.69) is 36.0 Å². The van der Waals surface area contributed by atoms with Gasteiger partial charge in [0.2, 0.25) is 0 Å². The maximum Gasteiger partial charge on any atom is 0.293 e. The summed E-state index contributed by atoms with van der Waals surface area (Å²) in [7, 11) is 1.80. The average Bonchev–Trinajstić information content (AvgIpc) is 3.67. The molecule has 7 nitrogen and oxygen atoms in total. The largest absolute Gasteiger partial charge is 0.352 e. The summed E-state index contributed by atoms with van der Waals surface area (Å²) in [6, 6.07) is 10.6. The molecule has 33 heavy (non-hydrogen) atoms. The van der Waals surface area contributed by atoms with Crippen LogP contribution < -0.4 is 16.2 Å². The molecule has 0 bridgehead atoms. The van der Waals surface area contributed by atoms with E-state index in [0.29, 0.717) is 30.5 Å². The zero-order chi connectivity index (χ0) is 23.5. The average molecular weight is 443 g/mol. The van der Waals surface area contributed by atoms with Gasteiger partial charge in [0.1, 0.15) is 11.8 Å². The van der Waals surface area contributed by atoms with E-state index in [-0.39, 0.29) is 17.3 Å². The third-order valence-corrected chi connectivity index (χ3v) is 6.49. The number of benzene rings is 1. The number of anilines is 1. The highest BCUT2D eigenvalue weighted by Crippen LogP contribution is 2.40. The van der Waals surface area contributed by atoms with Gasteiger partial charge in [0.15, 0.2) is 5.82 Å². The van der Waals surface area contributed by atoms with Crippen LogP contribution in [0, 0.1) is 11.3 Å². The Balaban J connectivity index is 1.85. The maximum atomic E-state index is 13.4. The molecule has 2 N–H and O–H groups in total. The fourth-order valence-corrected chi connectivity index (χ4v) is 4.28. The Morgan fingerprint density at radius 3 is 2.45 bits per heavy atom. The van der Waals surface area contributed by atoms with Gasteiger partial charge in [0, 0.05) is 31.7 Å². The van der Waals surface area contributed by atoms with E-state index in [9.17, 15) is 10.1 Å². The molecule has 2 fully saturated rings. The number of nitrogens with two attached hydrogens (primary N) is 1. The molecule has 1 saturated carbocycles. The summed E-state index contributed by atoms with van der Waals surface area (Å²) >= 11 is 0.